The first kappa shape index (κ1) is 36.3. The van der Waals surface area contributed by atoms with Crippen LogP contribution in [0, 0.1) is 13.3 Å². The van der Waals surface area contributed by atoms with Crippen molar-refractivity contribution in [3.63, 3.8) is 0 Å². The molecule has 0 fully saturated rings. The zero-order valence-electron chi connectivity index (χ0n) is 10.3. The summed E-state index contributed by atoms with van der Waals surface area (Å²) in [6.07, 6.45) is 0. The fourth-order valence-corrected chi connectivity index (χ4v) is 0.642. The molecular formula is C14H12Fe2O4. The van der Waals surface area contributed by atoms with Crippen molar-refractivity contribution in [3.8, 4) is 0 Å². The molecule has 0 aliphatic heterocycles. The number of rotatable bonds is 0. The van der Waals surface area contributed by atoms with E-state index in [0.717, 1.165) is 0 Å². The standard InChI is InChI=1S/2C5H5.2CHO.2CO.2Fe/c2*1-2-4-5-3-1;4*1-2;;/h2*1-5H;2*1H;;;;/q4*-1;;;2*+2. The van der Waals surface area contributed by atoms with Crippen molar-refractivity contribution in [2.45, 2.75) is 0 Å². The van der Waals surface area contributed by atoms with Gasteiger partial charge in [-0.2, -0.15) is 36.4 Å². The number of hydrogen-bond acceptors (Lipinski definition) is 2. The third-order valence-electron chi connectivity index (χ3n) is 1.11. The fraction of sp³-hybridized carbons (Fsp3) is 0. The monoisotopic (exact) mass is 356 g/mol. The molecule has 4 nitrogen and oxygen atoms in total. The number of hydrogen-bond donors (Lipinski definition) is 0. The van der Waals surface area contributed by atoms with Gasteiger partial charge in [-0.1, -0.05) is 0 Å². The van der Waals surface area contributed by atoms with Gasteiger partial charge in [0.15, 0.2) is 0 Å². The van der Waals surface area contributed by atoms with Crippen LogP contribution in [0.1, 0.15) is 0 Å². The van der Waals surface area contributed by atoms with Gasteiger partial charge < -0.3 is 9.59 Å². The van der Waals surface area contributed by atoms with E-state index in [2.05, 4.69) is 26.9 Å². The van der Waals surface area contributed by atoms with Crippen molar-refractivity contribution in [2.75, 3.05) is 0 Å². The van der Waals surface area contributed by atoms with Crippen LogP contribution in [0.2, 0.25) is 0 Å². The molecule has 0 aliphatic rings. The van der Waals surface area contributed by atoms with E-state index in [4.69, 9.17) is 18.9 Å². The van der Waals surface area contributed by atoms with Gasteiger partial charge in [0.1, 0.15) is 0 Å². The molecule has 6 heteroatoms. The molecule has 0 amide bonds. The van der Waals surface area contributed by atoms with E-state index in [-0.39, 0.29) is 34.1 Å². The second-order valence-corrected chi connectivity index (χ2v) is 1.92. The smallest absolute Gasteiger partial charge is 0.545 e. The van der Waals surface area contributed by atoms with E-state index in [1.165, 1.54) is 0 Å². The Kier molecular flexibility index (Phi) is 119. The molecule has 0 saturated carbocycles. The summed E-state index contributed by atoms with van der Waals surface area (Å²) >= 11 is 0. The summed E-state index contributed by atoms with van der Waals surface area (Å²) < 4.78 is 15.0. The second kappa shape index (κ2) is 65.7. The molecule has 2 rings (SSSR count). The second-order valence-electron chi connectivity index (χ2n) is 1.92. The van der Waals surface area contributed by atoms with Crippen LogP contribution in [0.25, 0.3) is 0 Å². The Morgan fingerprint density at radius 1 is 0.600 bits per heavy atom. The molecule has 0 atom stereocenters. The van der Waals surface area contributed by atoms with E-state index >= 15 is 0 Å². The molecule has 0 aliphatic carbocycles. The summed E-state index contributed by atoms with van der Waals surface area (Å²) in [6.45, 7) is 15.5. The molecule has 0 unspecified atom stereocenters. The molecule has 0 saturated heterocycles. The first-order valence-corrected chi connectivity index (χ1v) is 4.21. The molecule has 0 spiro atoms. The van der Waals surface area contributed by atoms with Crippen molar-refractivity contribution in [1.29, 1.82) is 0 Å². The van der Waals surface area contributed by atoms with E-state index < -0.39 is 0 Å². The van der Waals surface area contributed by atoms with E-state index in [0.29, 0.717) is 0 Å². The Hall–Kier alpha value is -1.44. The third-order valence-corrected chi connectivity index (χ3v) is 1.11. The van der Waals surface area contributed by atoms with Gasteiger partial charge in [0.2, 0.25) is 0 Å². The normalized spacial score (nSPS) is 4.60. The van der Waals surface area contributed by atoms with Gasteiger partial charge in [-0.3, -0.25) is 13.6 Å². The SMILES string of the molecule is [C-]#[O+].[C-]#[O+].[CH-]=O.[CH-]=O.[Fe+2].[Fe+2].c1cc[cH-]c1.c1cc[cH-]c1. The van der Waals surface area contributed by atoms with Crippen molar-refractivity contribution in [2.24, 2.45) is 0 Å². The predicted molar refractivity (Wildman–Crippen MR) is 65.4 cm³/mol. The average molecular weight is 356 g/mol. The minimum absolute atomic E-state index is 0. The minimum atomic E-state index is 0. The predicted octanol–water partition coefficient (Wildman–Crippen LogP) is 2.18. The van der Waals surface area contributed by atoms with Gasteiger partial charge in [0.25, 0.3) is 0 Å². The fourth-order valence-electron chi connectivity index (χ4n) is 0.642. The van der Waals surface area contributed by atoms with Gasteiger partial charge in [-0.15, -0.1) is 0 Å². The van der Waals surface area contributed by atoms with Crippen LogP contribution < -0.4 is 0 Å². The first-order chi connectivity index (χ1) is 9.00. The molecule has 2 aromatic rings. The first-order valence-electron chi connectivity index (χ1n) is 4.21. The largest absolute Gasteiger partial charge is 2.00 e. The molecule has 0 bridgehead atoms. The molecule has 0 N–H and O–H groups in total. The maximum atomic E-state index is 7.75. The van der Waals surface area contributed by atoms with Crippen molar-refractivity contribution in [1.82, 2.24) is 0 Å². The third kappa shape index (κ3) is 54.7. The summed E-state index contributed by atoms with van der Waals surface area (Å²) in [6, 6.07) is 20.0. The van der Waals surface area contributed by atoms with Gasteiger partial charge >= 0.3 is 56.7 Å². The van der Waals surface area contributed by atoms with E-state index in [1.54, 1.807) is 0 Å². The van der Waals surface area contributed by atoms with Crippen molar-refractivity contribution >= 4 is 13.6 Å². The minimum Gasteiger partial charge on any atom is -0.545 e. The summed E-state index contributed by atoms with van der Waals surface area (Å²) in [5.41, 5.74) is 0. The van der Waals surface area contributed by atoms with Gasteiger partial charge in [-0.05, 0) is 0 Å². The summed E-state index contributed by atoms with van der Waals surface area (Å²) in [7, 11) is 0. The Balaban J connectivity index is -0.0000000311. The summed E-state index contributed by atoms with van der Waals surface area (Å²) in [4.78, 5) is 15.5. The maximum absolute atomic E-state index is 7.75. The number of carbonyl (C=O) groups excluding carboxylic acids is 2. The Morgan fingerprint density at radius 3 is 0.800 bits per heavy atom. The van der Waals surface area contributed by atoms with Crippen LogP contribution in [0.5, 0.6) is 0 Å². The van der Waals surface area contributed by atoms with Crippen LogP contribution in [0.4, 0.5) is 0 Å². The molecule has 0 radical (unpaired) electrons. The van der Waals surface area contributed by atoms with Crippen molar-refractivity contribution in [3.05, 3.63) is 74.0 Å². The van der Waals surface area contributed by atoms with Gasteiger partial charge in [-0.25, -0.2) is 24.3 Å². The Labute approximate surface area is 140 Å². The van der Waals surface area contributed by atoms with E-state index in [1.807, 2.05) is 60.7 Å². The Morgan fingerprint density at radius 2 is 0.750 bits per heavy atom. The molecule has 2 aromatic carbocycles. The molecule has 0 heterocycles. The van der Waals surface area contributed by atoms with Crippen LogP contribution in [-0.4, -0.2) is 13.6 Å². The van der Waals surface area contributed by atoms with Crippen LogP contribution in [0.3, 0.4) is 0 Å². The van der Waals surface area contributed by atoms with E-state index in [9.17, 15) is 0 Å². The van der Waals surface area contributed by atoms with Gasteiger partial charge in [0.05, 0.1) is 0 Å². The molecule has 108 valence electrons. The van der Waals surface area contributed by atoms with Crippen molar-refractivity contribution < 1.29 is 53.0 Å². The zero-order valence-corrected chi connectivity index (χ0v) is 12.5. The summed E-state index contributed by atoms with van der Waals surface area (Å²) in [5.74, 6) is 0. The molecule has 20 heavy (non-hydrogen) atoms. The summed E-state index contributed by atoms with van der Waals surface area (Å²) in [5, 5.41) is 0. The van der Waals surface area contributed by atoms with Gasteiger partial charge in [0, 0.05) is 0 Å². The molecule has 0 aromatic heterocycles. The average Bonchev–Trinajstić information content (AvgIpc) is 3.25. The zero-order chi connectivity index (χ0) is 15.1. The van der Waals surface area contributed by atoms with Crippen LogP contribution >= 0.6 is 0 Å². The quantitative estimate of drug-likeness (QED) is 0.314. The van der Waals surface area contributed by atoms with Crippen LogP contribution in [-0.2, 0) is 53.0 Å². The topological polar surface area (TPSA) is 73.9 Å². The maximum Gasteiger partial charge on any atom is 2.00 e. The molecular weight excluding hydrogens is 344 g/mol. The van der Waals surface area contributed by atoms with Crippen LogP contribution in [0.15, 0.2) is 60.7 Å². The Bertz CT molecular complexity index is 247.